The van der Waals surface area contributed by atoms with Crippen molar-refractivity contribution in [3.05, 3.63) is 54.1 Å². The number of nitrogens with zero attached hydrogens (tertiary/aromatic N) is 3. The first-order valence-corrected chi connectivity index (χ1v) is 10.4. The van der Waals surface area contributed by atoms with Crippen molar-refractivity contribution in [2.75, 3.05) is 17.7 Å². The lowest BCUT2D eigenvalue weighted by Crippen LogP contribution is -2.15. The van der Waals surface area contributed by atoms with Gasteiger partial charge < -0.3 is 19.7 Å². The lowest BCUT2D eigenvalue weighted by Gasteiger charge is -2.09. The summed E-state index contributed by atoms with van der Waals surface area (Å²) in [6.07, 6.45) is 0. The average Bonchev–Trinajstić information content (AvgIpc) is 3.16. The molecule has 0 aliphatic heterocycles. The second-order valence-corrected chi connectivity index (χ2v) is 7.14. The summed E-state index contributed by atoms with van der Waals surface area (Å²) in [6, 6.07) is 13.4. The van der Waals surface area contributed by atoms with Crippen LogP contribution in [0.3, 0.4) is 0 Å². The van der Waals surface area contributed by atoms with Gasteiger partial charge in [0, 0.05) is 12.2 Å². The second kappa shape index (κ2) is 9.93. The number of nitrogens with one attached hydrogen (secondary N) is 1. The van der Waals surface area contributed by atoms with Crippen LogP contribution in [0, 0.1) is 0 Å². The Bertz CT molecular complexity index is 1030. The first-order chi connectivity index (χ1) is 14.5. The standard InChI is InChI=1S/C21H22N4O4S/c1-3-25-19(16-7-5-6-8-17(16)26)23-24-21(25)30-13-18(27)22-15-11-9-14(10-12-15)20(28)29-4-2/h5-12,26H,3-4,13H2,1-2H3,(H,22,27). The van der Waals surface area contributed by atoms with Crippen LogP contribution in [0.15, 0.2) is 53.7 Å². The summed E-state index contributed by atoms with van der Waals surface area (Å²) < 4.78 is 6.79. The highest BCUT2D eigenvalue weighted by Gasteiger charge is 2.17. The number of phenols is 1. The Hall–Kier alpha value is -3.33. The van der Waals surface area contributed by atoms with E-state index in [0.29, 0.717) is 40.9 Å². The number of amides is 1. The Morgan fingerprint density at radius 2 is 1.83 bits per heavy atom. The van der Waals surface area contributed by atoms with Gasteiger partial charge in [-0.2, -0.15) is 0 Å². The molecule has 1 heterocycles. The van der Waals surface area contributed by atoms with Crippen molar-refractivity contribution in [1.29, 1.82) is 0 Å². The Morgan fingerprint density at radius 3 is 2.50 bits per heavy atom. The number of phenolic OH excluding ortho intramolecular Hbond substituents is 1. The maximum Gasteiger partial charge on any atom is 0.338 e. The molecule has 0 atom stereocenters. The van der Waals surface area contributed by atoms with Crippen molar-refractivity contribution in [3.8, 4) is 17.1 Å². The van der Waals surface area contributed by atoms with E-state index in [1.807, 2.05) is 17.6 Å². The monoisotopic (exact) mass is 426 g/mol. The number of aromatic nitrogens is 3. The minimum absolute atomic E-state index is 0.125. The Balaban J connectivity index is 1.62. The molecule has 8 nitrogen and oxygen atoms in total. The smallest absolute Gasteiger partial charge is 0.338 e. The lowest BCUT2D eigenvalue weighted by atomic mass is 10.2. The molecule has 2 aromatic carbocycles. The Labute approximate surface area is 178 Å². The van der Waals surface area contributed by atoms with Crippen LogP contribution in [-0.4, -0.2) is 44.1 Å². The highest BCUT2D eigenvalue weighted by Crippen LogP contribution is 2.30. The topological polar surface area (TPSA) is 106 Å². The highest BCUT2D eigenvalue weighted by molar-refractivity contribution is 7.99. The van der Waals surface area contributed by atoms with E-state index in [-0.39, 0.29) is 17.4 Å². The third-order valence-electron chi connectivity index (χ3n) is 4.19. The van der Waals surface area contributed by atoms with Gasteiger partial charge in [-0.3, -0.25) is 4.79 Å². The van der Waals surface area contributed by atoms with E-state index in [1.165, 1.54) is 11.8 Å². The summed E-state index contributed by atoms with van der Waals surface area (Å²) in [6.45, 7) is 4.59. The van der Waals surface area contributed by atoms with Crippen LogP contribution >= 0.6 is 11.8 Å². The normalized spacial score (nSPS) is 10.6. The molecule has 3 aromatic rings. The number of hydrogen-bond acceptors (Lipinski definition) is 7. The van der Waals surface area contributed by atoms with Gasteiger partial charge in [-0.1, -0.05) is 23.9 Å². The van der Waals surface area contributed by atoms with Crippen LogP contribution in [0.4, 0.5) is 5.69 Å². The number of esters is 1. The zero-order chi connectivity index (χ0) is 21.5. The maximum absolute atomic E-state index is 12.3. The van der Waals surface area contributed by atoms with Crippen molar-refractivity contribution in [3.63, 3.8) is 0 Å². The minimum atomic E-state index is -0.398. The fourth-order valence-corrected chi connectivity index (χ4v) is 3.58. The predicted molar refractivity (Wildman–Crippen MR) is 115 cm³/mol. The van der Waals surface area contributed by atoms with Gasteiger partial charge in [0.25, 0.3) is 0 Å². The van der Waals surface area contributed by atoms with Gasteiger partial charge in [0.05, 0.1) is 23.5 Å². The molecule has 0 aliphatic carbocycles. The predicted octanol–water partition coefficient (Wildman–Crippen LogP) is 3.58. The molecule has 0 radical (unpaired) electrons. The molecule has 0 aliphatic rings. The molecule has 0 spiro atoms. The van der Waals surface area contributed by atoms with E-state index in [2.05, 4.69) is 15.5 Å². The number of benzene rings is 2. The molecule has 9 heteroatoms. The number of aromatic hydroxyl groups is 1. The largest absolute Gasteiger partial charge is 0.507 e. The fourth-order valence-electron chi connectivity index (χ4n) is 2.77. The van der Waals surface area contributed by atoms with E-state index >= 15 is 0 Å². The van der Waals surface area contributed by atoms with Gasteiger partial charge >= 0.3 is 5.97 Å². The molecule has 30 heavy (non-hydrogen) atoms. The first kappa shape index (κ1) is 21.4. The van der Waals surface area contributed by atoms with Crippen LogP contribution in [0.1, 0.15) is 24.2 Å². The molecule has 0 bridgehead atoms. The molecule has 0 saturated heterocycles. The van der Waals surface area contributed by atoms with Crippen molar-refractivity contribution < 1.29 is 19.4 Å². The third-order valence-corrected chi connectivity index (χ3v) is 5.16. The fraction of sp³-hybridized carbons (Fsp3) is 0.238. The van der Waals surface area contributed by atoms with E-state index in [9.17, 15) is 14.7 Å². The molecule has 2 N–H and O–H groups in total. The quantitative estimate of drug-likeness (QED) is 0.419. The molecule has 1 aromatic heterocycles. The number of anilines is 1. The molecule has 0 saturated carbocycles. The van der Waals surface area contributed by atoms with Crippen LogP contribution in [0.5, 0.6) is 5.75 Å². The average molecular weight is 426 g/mol. The maximum atomic E-state index is 12.3. The van der Waals surface area contributed by atoms with Gasteiger partial charge in [0.2, 0.25) is 5.91 Å². The molecule has 156 valence electrons. The van der Waals surface area contributed by atoms with Gasteiger partial charge in [0.15, 0.2) is 11.0 Å². The number of hydrogen-bond donors (Lipinski definition) is 2. The third kappa shape index (κ3) is 4.98. The van der Waals surface area contributed by atoms with Gasteiger partial charge in [-0.25, -0.2) is 4.79 Å². The molecule has 3 rings (SSSR count). The summed E-state index contributed by atoms with van der Waals surface area (Å²) in [4.78, 5) is 24.0. The summed E-state index contributed by atoms with van der Waals surface area (Å²) in [5, 5.41) is 21.8. The number of ether oxygens (including phenoxy) is 1. The first-order valence-electron chi connectivity index (χ1n) is 9.44. The van der Waals surface area contributed by atoms with Crippen molar-refractivity contribution in [2.24, 2.45) is 0 Å². The number of carbonyl (C=O) groups is 2. The number of para-hydroxylation sites is 1. The van der Waals surface area contributed by atoms with Crippen LogP contribution in [0.25, 0.3) is 11.4 Å². The number of rotatable bonds is 8. The summed E-state index contributed by atoms with van der Waals surface area (Å²) >= 11 is 1.26. The summed E-state index contributed by atoms with van der Waals surface area (Å²) in [5.41, 5.74) is 1.60. The number of thioether (sulfide) groups is 1. The molecular formula is C21H22N4O4S. The van der Waals surface area contributed by atoms with Crippen molar-refractivity contribution >= 4 is 29.3 Å². The van der Waals surface area contributed by atoms with Gasteiger partial charge in [-0.05, 0) is 50.2 Å². The molecule has 0 fully saturated rings. The van der Waals surface area contributed by atoms with Crippen LogP contribution in [-0.2, 0) is 16.1 Å². The Morgan fingerprint density at radius 1 is 1.10 bits per heavy atom. The van der Waals surface area contributed by atoms with Crippen molar-refractivity contribution in [2.45, 2.75) is 25.5 Å². The van der Waals surface area contributed by atoms with E-state index < -0.39 is 5.97 Å². The zero-order valence-electron chi connectivity index (χ0n) is 16.7. The summed E-state index contributed by atoms with van der Waals surface area (Å²) in [5.74, 6) is 0.204. The SMILES string of the molecule is CCOC(=O)c1ccc(NC(=O)CSc2nnc(-c3ccccc3O)n2CC)cc1. The van der Waals surface area contributed by atoms with Gasteiger partial charge in [-0.15, -0.1) is 10.2 Å². The minimum Gasteiger partial charge on any atom is -0.507 e. The molecular weight excluding hydrogens is 404 g/mol. The molecule has 0 unspecified atom stereocenters. The highest BCUT2D eigenvalue weighted by atomic mass is 32.2. The van der Waals surface area contributed by atoms with E-state index in [4.69, 9.17) is 4.74 Å². The number of carbonyl (C=O) groups excluding carboxylic acids is 2. The van der Waals surface area contributed by atoms with Gasteiger partial charge in [0.1, 0.15) is 5.75 Å². The molecule has 1 amide bonds. The van der Waals surface area contributed by atoms with E-state index in [0.717, 1.165) is 0 Å². The van der Waals surface area contributed by atoms with E-state index in [1.54, 1.807) is 49.4 Å². The van der Waals surface area contributed by atoms with Crippen LogP contribution in [0.2, 0.25) is 0 Å². The lowest BCUT2D eigenvalue weighted by molar-refractivity contribution is -0.113. The van der Waals surface area contributed by atoms with Crippen LogP contribution < -0.4 is 5.32 Å². The summed E-state index contributed by atoms with van der Waals surface area (Å²) in [7, 11) is 0. The van der Waals surface area contributed by atoms with Crippen molar-refractivity contribution in [1.82, 2.24) is 14.8 Å². The Kier molecular flexibility index (Phi) is 7.08. The second-order valence-electron chi connectivity index (χ2n) is 6.20. The zero-order valence-corrected chi connectivity index (χ0v) is 17.5.